The third-order valence-electron chi connectivity index (χ3n) is 3.87. The van der Waals surface area contributed by atoms with Crippen molar-refractivity contribution in [2.24, 2.45) is 17.8 Å². The molecule has 5 nitrogen and oxygen atoms in total. The smallest absolute Gasteiger partial charge is 0.337 e. The summed E-state index contributed by atoms with van der Waals surface area (Å²) in [5.41, 5.74) is 0.495. The first kappa shape index (κ1) is 12.4. The molecule has 0 radical (unpaired) electrons. The van der Waals surface area contributed by atoms with Gasteiger partial charge in [0.1, 0.15) is 0 Å². The van der Waals surface area contributed by atoms with E-state index in [0.717, 1.165) is 0 Å². The lowest BCUT2D eigenvalue weighted by molar-refractivity contribution is -0.155. The molecule has 0 saturated heterocycles. The van der Waals surface area contributed by atoms with Crippen LogP contribution in [0.5, 0.6) is 0 Å². The molecule has 0 bridgehead atoms. The lowest BCUT2D eigenvalue weighted by Gasteiger charge is -2.34. The normalized spacial score (nSPS) is 40.2. The molecule has 5 atom stereocenters. The Morgan fingerprint density at radius 3 is 2.82 bits per heavy atom. The highest BCUT2D eigenvalue weighted by Gasteiger charge is 2.50. The highest BCUT2D eigenvalue weighted by molar-refractivity contribution is 5.89. The number of carbonyl (C=O) groups excluding carboxylic acids is 1. The van der Waals surface area contributed by atoms with E-state index in [1.165, 1.54) is 13.4 Å². The van der Waals surface area contributed by atoms with Gasteiger partial charge in [-0.05, 0) is 12.3 Å². The molecule has 0 spiro atoms. The molecule has 0 aromatic carbocycles. The summed E-state index contributed by atoms with van der Waals surface area (Å²) in [5.74, 6) is -0.408. The number of fused-ring (bicyclic) bond motifs is 1. The number of hydrogen-bond donors (Lipinski definition) is 1. The largest absolute Gasteiger partial charge is 0.472 e. The Kier molecular flexibility index (Phi) is 3.40. The Balaban J connectivity index is 2.29. The number of esters is 1. The predicted molar refractivity (Wildman–Crippen MR) is 58.7 cm³/mol. The standard InChI is InChI=1S/C12H18O5/c1-6-9(13)4-7-8(11(14)15-2)5-17-12(16-3)10(6)7/h5-7,9-10,12-13H,4H2,1-3H3/t6-,7-,9+,10-,12-/m1/s1. The van der Waals surface area contributed by atoms with Crippen LogP contribution in [0.1, 0.15) is 13.3 Å². The van der Waals surface area contributed by atoms with E-state index in [2.05, 4.69) is 0 Å². The maximum atomic E-state index is 11.6. The average molecular weight is 242 g/mol. The van der Waals surface area contributed by atoms with Gasteiger partial charge in [0.15, 0.2) is 0 Å². The van der Waals surface area contributed by atoms with Gasteiger partial charge in [0.2, 0.25) is 6.29 Å². The average Bonchev–Trinajstić information content (AvgIpc) is 2.64. The van der Waals surface area contributed by atoms with Crippen molar-refractivity contribution in [2.75, 3.05) is 14.2 Å². The third-order valence-corrected chi connectivity index (χ3v) is 3.87. The summed E-state index contributed by atoms with van der Waals surface area (Å²) in [5, 5.41) is 9.92. The van der Waals surface area contributed by atoms with E-state index in [4.69, 9.17) is 14.2 Å². The van der Waals surface area contributed by atoms with Crippen molar-refractivity contribution in [1.82, 2.24) is 0 Å². The highest BCUT2D eigenvalue weighted by atomic mass is 16.7. The van der Waals surface area contributed by atoms with E-state index in [9.17, 15) is 9.90 Å². The molecule has 0 unspecified atom stereocenters. The summed E-state index contributed by atoms with van der Waals surface area (Å²) in [6.45, 7) is 1.95. The molecular weight excluding hydrogens is 224 g/mol. The van der Waals surface area contributed by atoms with Crippen LogP contribution in [0.15, 0.2) is 11.8 Å². The van der Waals surface area contributed by atoms with Crippen LogP contribution in [0.3, 0.4) is 0 Å². The Morgan fingerprint density at radius 2 is 2.24 bits per heavy atom. The number of hydrogen-bond acceptors (Lipinski definition) is 5. The van der Waals surface area contributed by atoms with E-state index >= 15 is 0 Å². The van der Waals surface area contributed by atoms with Crippen LogP contribution in [0.2, 0.25) is 0 Å². The van der Waals surface area contributed by atoms with Gasteiger partial charge in [-0.25, -0.2) is 4.79 Å². The zero-order valence-electron chi connectivity index (χ0n) is 10.3. The minimum Gasteiger partial charge on any atom is -0.472 e. The maximum absolute atomic E-state index is 11.6. The van der Waals surface area contributed by atoms with Crippen molar-refractivity contribution < 1.29 is 24.1 Å². The number of ether oxygens (including phenoxy) is 3. The minimum absolute atomic E-state index is 0.00546. The lowest BCUT2D eigenvalue weighted by Crippen LogP contribution is -2.37. The molecule has 1 N–H and O–H groups in total. The minimum atomic E-state index is -0.433. The second-order valence-electron chi connectivity index (χ2n) is 4.65. The zero-order chi connectivity index (χ0) is 12.6. The maximum Gasteiger partial charge on any atom is 0.337 e. The molecule has 96 valence electrons. The molecule has 2 aliphatic rings. The van der Waals surface area contributed by atoms with E-state index in [-0.39, 0.29) is 17.8 Å². The quantitative estimate of drug-likeness (QED) is 0.721. The van der Waals surface area contributed by atoms with E-state index in [1.807, 2.05) is 6.92 Å². The molecule has 1 aliphatic carbocycles. The van der Waals surface area contributed by atoms with Gasteiger partial charge in [-0.2, -0.15) is 0 Å². The Morgan fingerprint density at radius 1 is 1.53 bits per heavy atom. The predicted octanol–water partition coefficient (Wildman–Crippen LogP) is 0.679. The van der Waals surface area contributed by atoms with Crippen LogP contribution in [0, 0.1) is 17.8 Å². The zero-order valence-corrected chi connectivity index (χ0v) is 10.3. The van der Waals surface area contributed by atoms with Gasteiger partial charge in [0, 0.05) is 18.9 Å². The number of aliphatic hydroxyl groups is 1. The molecule has 1 heterocycles. The van der Waals surface area contributed by atoms with Crippen LogP contribution in [-0.4, -0.2) is 37.7 Å². The first-order chi connectivity index (χ1) is 8.10. The highest BCUT2D eigenvalue weighted by Crippen LogP contribution is 2.46. The second-order valence-corrected chi connectivity index (χ2v) is 4.65. The number of aliphatic hydroxyl groups excluding tert-OH is 1. The first-order valence-corrected chi connectivity index (χ1v) is 5.74. The fourth-order valence-electron chi connectivity index (χ4n) is 2.88. The van der Waals surface area contributed by atoms with Crippen molar-refractivity contribution in [1.29, 1.82) is 0 Å². The molecule has 2 rings (SSSR count). The van der Waals surface area contributed by atoms with Gasteiger partial charge >= 0.3 is 5.97 Å². The Bertz CT molecular complexity index is 338. The lowest BCUT2D eigenvalue weighted by atomic mass is 9.83. The van der Waals surface area contributed by atoms with E-state index in [0.29, 0.717) is 12.0 Å². The van der Waals surface area contributed by atoms with Crippen LogP contribution in [-0.2, 0) is 19.0 Å². The van der Waals surface area contributed by atoms with Gasteiger partial charge in [0.25, 0.3) is 0 Å². The molecule has 0 aromatic heterocycles. The molecule has 0 amide bonds. The summed E-state index contributed by atoms with van der Waals surface area (Å²) in [6, 6.07) is 0. The van der Waals surface area contributed by atoms with E-state index < -0.39 is 18.4 Å². The van der Waals surface area contributed by atoms with Gasteiger partial charge in [-0.15, -0.1) is 0 Å². The van der Waals surface area contributed by atoms with Crippen molar-refractivity contribution in [3.63, 3.8) is 0 Å². The number of carbonyl (C=O) groups is 1. The molecule has 5 heteroatoms. The van der Waals surface area contributed by atoms with Gasteiger partial charge in [0.05, 0.1) is 25.0 Å². The molecule has 0 aromatic rings. The Hall–Kier alpha value is -1.07. The summed E-state index contributed by atoms with van der Waals surface area (Å²) in [4.78, 5) is 11.6. The molecule has 1 saturated carbocycles. The summed E-state index contributed by atoms with van der Waals surface area (Å²) in [7, 11) is 2.91. The Labute approximate surface area is 100 Å². The summed E-state index contributed by atoms with van der Waals surface area (Å²) in [6.07, 6.45) is 1.13. The topological polar surface area (TPSA) is 65.0 Å². The van der Waals surface area contributed by atoms with E-state index in [1.54, 1.807) is 7.11 Å². The van der Waals surface area contributed by atoms with Crippen molar-refractivity contribution in [3.05, 3.63) is 11.8 Å². The number of rotatable bonds is 2. The summed E-state index contributed by atoms with van der Waals surface area (Å²) < 4.78 is 15.4. The van der Waals surface area contributed by atoms with Crippen molar-refractivity contribution in [2.45, 2.75) is 25.7 Å². The second kappa shape index (κ2) is 4.66. The summed E-state index contributed by atoms with van der Waals surface area (Å²) >= 11 is 0. The molecular formula is C12H18O5. The fraction of sp³-hybridized carbons (Fsp3) is 0.750. The van der Waals surface area contributed by atoms with Crippen molar-refractivity contribution >= 4 is 5.97 Å². The first-order valence-electron chi connectivity index (χ1n) is 5.74. The molecule has 17 heavy (non-hydrogen) atoms. The monoisotopic (exact) mass is 242 g/mol. The molecule has 1 aliphatic heterocycles. The van der Waals surface area contributed by atoms with Gasteiger partial charge in [-0.1, -0.05) is 6.92 Å². The number of methoxy groups -OCH3 is 2. The third kappa shape index (κ3) is 1.93. The fourth-order valence-corrected chi connectivity index (χ4v) is 2.88. The molecule has 1 fully saturated rings. The van der Waals surface area contributed by atoms with Crippen LogP contribution >= 0.6 is 0 Å². The SMILES string of the molecule is COC(=O)C1=CO[C@@H](OC)[C@@H]2[C@H](C)[C@@H](O)C[C@H]12. The van der Waals surface area contributed by atoms with Gasteiger partial charge < -0.3 is 19.3 Å². The van der Waals surface area contributed by atoms with Crippen LogP contribution in [0.25, 0.3) is 0 Å². The van der Waals surface area contributed by atoms with Crippen LogP contribution < -0.4 is 0 Å². The van der Waals surface area contributed by atoms with Gasteiger partial charge in [-0.3, -0.25) is 0 Å². The van der Waals surface area contributed by atoms with Crippen LogP contribution in [0.4, 0.5) is 0 Å². The van der Waals surface area contributed by atoms with Crippen molar-refractivity contribution in [3.8, 4) is 0 Å².